The van der Waals surface area contributed by atoms with Gasteiger partial charge in [0.2, 0.25) is 17.7 Å². The normalized spacial score (nSPS) is 25.2. The quantitative estimate of drug-likeness (QED) is 0.744. The van der Waals surface area contributed by atoms with Crippen LogP contribution in [0.1, 0.15) is 77.4 Å². The van der Waals surface area contributed by atoms with E-state index in [4.69, 9.17) is 4.52 Å². The average molecular weight is 392 g/mol. The van der Waals surface area contributed by atoms with E-state index in [9.17, 15) is 9.59 Å². The SMILES string of the molecule is CC(=O)NC1(c2noc(CCC(=O)N3CC(C)NC(C)C3)n2)CCCCCC1. The van der Waals surface area contributed by atoms with Gasteiger partial charge in [0.1, 0.15) is 5.54 Å². The van der Waals surface area contributed by atoms with Crippen molar-refractivity contribution in [1.29, 1.82) is 0 Å². The van der Waals surface area contributed by atoms with Crippen molar-refractivity contribution in [3.63, 3.8) is 0 Å². The van der Waals surface area contributed by atoms with Gasteiger partial charge in [-0.2, -0.15) is 4.98 Å². The van der Waals surface area contributed by atoms with Crippen molar-refractivity contribution >= 4 is 11.8 Å². The van der Waals surface area contributed by atoms with Crippen molar-refractivity contribution in [1.82, 2.24) is 25.7 Å². The van der Waals surface area contributed by atoms with Gasteiger partial charge in [0, 0.05) is 44.9 Å². The molecule has 1 aliphatic carbocycles. The van der Waals surface area contributed by atoms with Crippen LogP contribution in [0.3, 0.4) is 0 Å². The standard InChI is InChI=1S/C20H33N5O3/c1-14-12-25(13-15(2)21-14)18(27)9-8-17-22-19(24-28-17)20(23-16(3)26)10-6-4-5-7-11-20/h14-15,21H,4-13H2,1-3H3,(H,23,26). The van der Waals surface area contributed by atoms with E-state index in [2.05, 4.69) is 34.6 Å². The lowest BCUT2D eigenvalue weighted by atomic mass is 9.89. The maximum atomic E-state index is 12.6. The fraction of sp³-hybridized carbons (Fsp3) is 0.800. The Morgan fingerprint density at radius 3 is 2.43 bits per heavy atom. The number of carbonyl (C=O) groups excluding carboxylic acids is 2. The molecule has 0 radical (unpaired) electrons. The van der Waals surface area contributed by atoms with Crippen molar-refractivity contribution in [3.05, 3.63) is 11.7 Å². The van der Waals surface area contributed by atoms with Crippen molar-refractivity contribution < 1.29 is 14.1 Å². The number of aromatic nitrogens is 2. The van der Waals surface area contributed by atoms with Crippen molar-refractivity contribution in [2.45, 2.75) is 89.8 Å². The summed E-state index contributed by atoms with van der Waals surface area (Å²) in [5, 5.41) is 10.7. The highest BCUT2D eigenvalue weighted by Gasteiger charge is 2.38. The molecule has 0 bridgehead atoms. The summed E-state index contributed by atoms with van der Waals surface area (Å²) in [5.41, 5.74) is -0.544. The molecule has 3 rings (SSSR count). The molecule has 2 fully saturated rings. The Labute approximate surface area is 166 Å². The minimum Gasteiger partial charge on any atom is -0.343 e. The Morgan fingerprint density at radius 2 is 1.82 bits per heavy atom. The summed E-state index contributed by atoms with van der Waals surface area (Å²) >= 11 is 0. The Hall–Kier alpha value is -1.96. The molecule has 8 nitrogen and oxygen atoms in total. The van der Waals surface area contributed by atoms with Gasteiger partial charge in [0.15, 0.2) is 5.82 Å². The van der Waals surface area contributed by atoms with Gasteiger partial charge in [-0.3, -0.25) is 9.59 Å². The molecule has 2 unspecified atom stereocenters. The number of hydrogen-bond acceptors (Lipinski definition) is 6. The van der Waals surface area contributed by atoms with E-state index in [-0.39, 0.29) is 11.8 Å². The third kappa shape index (κ3) is 5.10. The van der Waals surface area contributed by atoms with Gasteiger partial charge in [-0.25, -0.2) is 0 Å². The van der Waals surface area contributed by atoms with Crippen LogP contribution in [0.2, 0.25) is 0 Å². The molecule has 0 aromatic carbocycles. The molecule has 1 aliphatic heterocycles. The smallest absolute Gasteiger partial charge is 0.227 e. The largest absolute Gasteiger partial charge is 0.343 e. The highest BCUT2D eigenvalue weighted by atomic mass is 16.5. The number of amides is 2. The van der Waals surface area contributed by atoms with E-state index >= 15 is 0 Å². The third-order valence-electron chi connectivity index (χ3n) is 5.73. The fourth-order valence-electron chi connectivity index (χ4n) is 4.53. The predicted molar refractivity (Wildman–Crippen MR) is 104 cm³/mol. The number of piperazine rings is 1. The molecular formula is C20H33N5O3. The molecule has 2 aliphatic rings. The molecule has 1 saturated heterocycles. The van der Waals surface area contributed by atoms with E-state index < -0.39 is 5.54 Å². The Morgan fingerprint density at radius 1 is 1.18 bits per heavy atom. The minimum absolute atomic E-state index is 0.0784. The molecule has 1 aromatic rings. The number of nitrogens with one attached hydrogen (secondary N) is 2. The average Bonchev–Trinajstić information content (AvgIpc) is 2.99. The predicted octanol–water partition coefficient (Wildman–Crippen LogP) is 1.90. The van der Waals surface area contributed by atoms with Gasteiger partial charge in [-0.15, -0.1) is 0 Å². The van der Waals surface area contributed by atoms with E-state index in [1.54, 1.807) is 0 Å². The first-order valence-corrected chi connectivity index (χ1v) is 10.5. The van der Waals surface area contributed by atoms with Crippen molar-refractivity contribution in [2.75, 3.05) is 13.1 Å². The van der Waals surface area contributed by atoms with Gasteiger partial charge in [0.25, 0.3) is 0 Å². The first-order valence-electron chi connectivity index (χ1n) is 10.5. The molecule has 8 heteroatoms. The van der Waals surface area contributed by atoms with Crippen molar-refractivity contribution in [2.24, 2.45) is 0 Å². The maximum absolute atomic E-state index is 12.6. The number of rotatable bonds is 5. The highest BCUT2D eigenvalue weighted by molar-refractivity contribution is 5.76. The van der Waals surface area contributed by atoms with Crippen molar-refractivity contribution in [3.8, 4) is 0 Å². The second-order valence-electron chi connectivity index (χ2n) is 8.46. The van der Waals surface area contributed by atoms with Gasteiger partial charge in [0.05, 0.1) is 0 Å². The van der Waals surface area contributed by atoms with Crippen LogP contribution >= 0.6 is 0 Å². The first-order chi connectivity index (χ1) is 13.4. The zero-order valence-electron chi connectivity index (χ0n) is 17.3. The van der Waals surface area contributed by atoms with Gasteiger partial charge >= 0.3 is 0 Å². The molecule has 2 heterocycles. The summed E-state index contributed by atoms with van der Waals surface area (Å²) in [5.74, 6) is 1.06. The molecular weight excluding hydrogens is 358 g/mol. The lowest BCUT2D eigenvalue weighted by molar-refractivity contribution is -0.133. The molecule has 1 aromatic heterocycles. The topological polar surface area (TPSA) is 100 Å². The van der Waals surface area contributed by atoms with Gasteiger partial charge in [-0.1, -0.05) is 30.8 Å². The van der Waals surface area contributed by atoms with Gasteiger partial charge in [-0.05, 0) is 26.7 Å². The number of carbonyl (C=O) groups is 2. The van der Waals surface area contributed by atoms with Crippen LogP contribution in [0, 0.1) is 0 Å². The van der Waals surface area contributed by atoms with Crippen LogP contribution in [-0.2, 0) is 21.5 Å². The summed E-state index contributed by atoms with van der Waals surface area (Å²) in [7, 11) is 0. The number of nitrogens with zero attached hydrogens (tertiary/aromatic N) is 3. The second kappa shape index (κ2) is 9.03. The van der Waals surface area contributed by atoms with E-state index in [1.165, 1.54) is 6.92 Å². The molecule has 156 valence electrons. The summed E-state index contributed by atoms with van der Waals surface area (Å²) in [6.07, 6.45) is 6.79. The van der Waals surface area contributed by atoms with E-state index in [0.29, 0.717) is 36.6 Å². The maximum Gasteiger partial charge on any atom is 0.227 e. The van der Waals surface area contributed by atoms with Crippen LogP contribution in [-0.4, -0.2) is 52.0 Å². The Kier molecular flexibility index (Phi) is 6.69. The van der Waals surface area contributed by atoms with E-state index in [1.807, 2.05) is 4.90 Å². The van der Waals surface area contributed by atoms with Crippen LogP contribution in [0.4, 0.5) is 0 Å². The van der Waals surface area contributed by atoms with Gasteiger partial charge < -0.3 is 20.1 Å². The third-order valence-corrected chi connectivity index (χ3v) is 5.73. The first kappa shape index (κ1) is 20.8. The minimum atomic E-state index is -0.544. The zero-order valence-corrected chi connectivity index (χ0v) is 17.3. The summed E-state index contributed by atoms with van der Waals surface area (Å²) in [6.45, 7) is 7.17. The molecule has 2 N–H and O–H groups in total. The lowest BCUT2D eigenvalue weighted by Gasteiger charge is -2.36. The molecule has 0 spiro atoms. The molecule has 2 atom stereocenters. The Bertz CT molecular complexity index is 671. The fourth-order valence-corrected chi connectivity index (χ4v) is 4.53. The number of hydrogen-bond donors (Lipinski definition) is 2. The highest BCUT2D eigenvalue weighted by Crippen LogP contribution is 2.34. The Balaban J connectivity index is 1.63. The second-order valence-corrected chi connectivity index (χ2v) is 8.46. The molecule has 1 saturated carbocycles. The van der Waals surface area contributed by atoms with Crippen LogP contribution in [0.25, 0.3) is 0 Å². The molecule has 28 heavy (non-hydrogen) atoms. The molecule has 2 amide bonds. The van der Waals surface area contributed by atoms with Crippen LogP contribution in [0.15, 0.2) is 4.52 Å². The van der Waals surface area contributed by atoms with Crippen LogP contribution in [0.5, 0.6) is 0 Å². The summed E-state index contributed by atoms with van der Waals surface area (Å²) in [6, 6.07) is 0.603. The lowest BCUT2D eigenvalue weighted by Crippen LogP contribution is -2.55. The zero-order chi connectivity index (χ0) is 20.1. The van der Waals surface area contributed by atoms with E-state index in [0.717, 1.165) is 51.6 Å². The van der Waals surface area contributed by atoms with Crippen LogP contribution < -0.4 is 10.6 Å². The summed E-state index contributed by atoms with van der Waals surface area (Å²) in [4.78, 5) is 30.9. The monoisotopic (exact) mass is 391 g/mol. The summed E-state index contributed by atoms with van der Waals surface area (Å²) < 4.78 is 5.45. The number of aryl methyl sites for hydroxylation is 1.